The molecule has 0 aliphatic carbocycles. The highest BCUT2D eigenvalue weighted by molar-refractivity contribution is 9.10. The summed E-state index contributed by atoms with van der Waals surface area (Å²) in [5.41, 5.74) is 0.770. The van der Waals surface area contributed by atoms with Gasteiger partial charge in [-0.1, -0.05) is 28.9 Å². The first-order valence-electron chi connectivity index (χ1n) is 7.40. The molecule has 0 aromatic heterocycles. The van der Waals surface area contributed by atoms with Gasteiger partial charge in [-0.05, 0) is 63.0 Å². The third-order valence-corrected chi connectivity index (χ3v) is 6.21. The molecule has 0 spiro atoms. The van der Waals surface area contributed by atoms with Crippen LogP contribution in [0.25, 0.3) is 0 Å². The van der Waals surface area contributed by atoms with Gasteiger partial charge >= 0.3 is 0 Å². The maximum absolute atomic E-state index is 12.4. The fraction of sp³-hybridized carbons (Fsp3) is 0.600. The average Bonchev–Trinajstić information content (AvgIpc) is 2.48. The zero-order chi connectivity index (χ0) is 15.5. The third-order valence-electron chi connectivity index (χ3n) is 4.16. The Labute approximate surface area is 136 Å². The van der Waals surface area contributed by atoms with E-state index in [4.69, 9.17) is 0 Å². The monoisotopic (exact) mass is 374 g/mol. The van der Waals surface area contributed by atoms with Gasteiger partial charge in [0.1, 0.15) is 0 Å². The van der Waals surface area contributed by atoms with Crippen LogP contribution in [0.15, 0.2) is 27.6 Å². The van der Waals surface area contributed by atoms with Crippen molar-refractivity contribution in [3.63, 3.8) is 0 Å². The molecular weight excluding hydrogens is 352 g/mol. The number of nitrogens with one attached hydrogen (secondary N) is 1. The van der Waals surface area contributed by atoms with Gasteiger partial charge in [-0.2, -0.15) is 0 Å². The molecule has 4 nitrogen and oxygen atoms in total. The van der Waals surface area contributed by atoms with Crippen molar-refractivity contribution < 1.29 is 8.42 Å². The summed E-state index contributed by atoms with van der Waals surface area (Å²) in [6.07, 6.45) is 2.13. The number of likely N-dealkylation sites (tertiary alicyclic amines) is 1. The molecule has 1 aliphatic rings. The lowest BCUT2D eigenvalue weighted by Gasteiger charge is -2.31. The molecule has 1 heterocycles. The van der Waals surface area contributed by atoms with Crippen molar-refractivity contribution >= 4 is 26.0 Å². The van der Waals surface area contributed by atoms with Crippen LogP contribution >= 0.6 is 15.9 Å². The van der Waals surface area contributed by atoms with E-state index >= 15 is 0 Å². The van der Waals surface area contributed by atoms with Gasteiger partial charge in [0.05, 0.1) is 4.90 Å². The Morgan fingerprint density at radius 1 is 1.33 bits per heavy atom. The lowest BCUT2D eigenvalue weighted by atomic mass is 9.97. The van der Waals surface area contributed by atoms with E-state index in [1.807, 2.05) is 19.1 Å². The van der Waals surface area contributed by atoms with E-state index in [1.54, 1.807) is 6.07 Å². The van der Waals surface area contributed by atoms with E-state index < -0.39 is 10.0 Å². The molecule has 2 rings (SSSR count). The first kappa shape index (κ1) is 16.9. The predicted molar refractivity (Wildman–Crippen MR) is 88.9 cm³/mol. The van der Waals surface area contributed by atoms with Crippen molar-refractivity contribution in [2.24, 2.45) is 5.92 Å². The fourth-order valence-corrected chi connectivity index (χ4v) is 4.57. The van der Waals surface area contributed by atoms with Gasteiger partial charge in [0.15, 0.2) is 0 Å². The Kier molecular flexibility index (Phi) is 5.82. The summed E-state index contributed by atoms with van der Waals surface area (Å²) in [5.74, 6) is 0.440. The van der Waals surface area contributed by atoms with Gasteiger partial charge in [0.25, 0.3) is 0 Å². The number of sulfonamides is 1. The standard InChI is InChI=1S/C15H23BrN2O2S/c1-3-18-8-6-13(7-9-18)11-17-21(19,20)15-10-14(16)5-4-12(15)2/h4-5,10,13,17H,3,6-9,11H2,1-2H3. The zero-order valence-electron chi connectivity index (χ0n) is 12.6. The number of hydrogen-bond acceptors (Lipinski definition) is 3. The molecule has 0 atom stereocenters. The summed E-state index contributed by atoms with van der Waals surface area (Å²) in [7, 11) is -3.43. The first-order valence-corrected chi connectivity index (χ1v) is 9.68. The van der Waals surface area contributed by atoms with Crippen molar-refractivity contribution in [2.75, 3.05) is 26.2 Å². The maximum atomic E-state index is 12.4. The van der Waals surface area contributed by atoms with Gasteiger partial charge in [-0.25, -0.2) is 13.1 Å². The van der Waals surface area contributed by atoms with E-state index in [0.29, 0.717) is 17.4 Å². The van der Waals surface area contributed by atoms with Crippen molar-refractivity contribution in [2.45, 2.75) is 31.6 Å². The number of nitrogens with zero attached hydrogens (tertiary/aromatic N) is 1. The van der Waals surface area contributed by atoms with Crippen molar-refractivity contribution in [3.8, 4) is 0 Å². The van der Waals surface area contributed by atoms with Crippen molar-refractivity contribution in [1.29, 1.82) is 0 Å². The Balaban J connectivity index is 1.97. The normalized spacial score (nSPS) is 18.0. The minimum absolute atomic E-state index is 0.364. The van der Waals surface area contributed by atoms with Crippen molar-refractivity contribution in [3.05, 3.63) is 28.2 Å². The average molecular weight is 375 g/mol. The highest BCUT2D eigenvalue weighted by atomic mass is 79.9. The Bertz CT molecular complexity index is 581. The molecule has 118 valence electrons. The van der Waals surface area contributed by atoms with Crippen LogP contribution < -0.4 is 4.72 Å². The highest BCUT2D eigenvalue weighted by Gasteiger charge is 2.22. The molecule has 1 aliphatic heterocycles. The first-order chi connectivity index (χ1) is 9.92. The van der Waals surface area contributed by atoms with E-state index in [1.165, 1.54) is 0 Å². The number of aryl methyl sites for hydroxylation is 1. The summed E-state index contributed by atoms with van der Waals surface area (Å²) >= 11 is 3.33. The molecule has 21 heavy (non-hydrogen) atoms. The van der Waals surface area contributed by atoms with Gasteiger partial charge < -0.3 is 4.90 Å². The number of piperidine rings is 1. The maximum Gasteiger partial charge on any atom is 0.240 e. The predicted octanol–water partition coefficient (Wildman–Crippen LogP) is 2.77. The van der Waals surface area contributed by atoms with Crippen LogP contribution in [0.3, 0.4) is 0 Å². The molecule has 0 unspecified atom stereocenters. The second-order valence-electron chi connectivity index (χ2n) is 5.64. The molecule has 6 heteroatoms. The lowest BCUT2D eigenvalue weighted by molar-refractivity contribution is 0.194. The van der Waals surface area contributed by atoms with E-state index in [9.17, 15) is 8.42 Å². The molecule has 0 bridgehead atoms. The number of hydrogen-bond donors (Lipinski definition) is 1. The smallest absolute Gasteiger partial charge is 0.240 e. The van der Waals surface area contributed by atoms with Crippen LogP contribution in [-0.4, -0.2) is 39.5 Å². The number of benzene rings is 1. The molecule has 0 radical (unpaired) electrons. The highest BCUT2D eigenvalue weighted by Crippen LogP contribution is 2.21. The van der Waals surface area contributed by atoms with E-state index in [-0.39, 0.29) is 0 Å². The summed E-state index contributed by atoms with van der Waals surface area (Å²) in [6.45, 7) is 7.74. The van der Waals surface area contributed by atoms with Crippen LogP contribution in [-0.2, 0) is 10.0 Å². The quantitative estimate of drug-likeness (QED) is 0.861. The minimum atomic E-state index is -3.43. The van der Waals surface area contributed by atoms with E-state index in [0.717, 1.165) is 42.5 Å². The summed E-state index contributed by atoms with van der Waals surface area (Å²) in [6, 6.07) is 5.34. The van der Waals surface area contributed by atoms with Crippen molar-refractivity contribution in [1.82, 2.24) is 9.62 Å². The molecule has 1 fully saturated rings. The second-order valence-corrected chi connectivity index (χ2v) is 8.29. The lowest BCUT2D eigenvalue weighted by Crippen LogP contribution is -2.38. The third kappa shape index (κ3) is 4.52. The van der Waals surface area contributed by atoms with Crippen LogP contribution in [0.1, 0.15) is 25.3 Å². The molecule has 0 amide bonds. The van der Waals surface area contributed by atoms with Gasteiger partial charge in [-0.3, -0.25) is 0 Å². The largest absolute Gasteiger partial charge is 0.304 e. The van der Waals surface area contributed by atoms with Gasteiger partial charge in [0.2, 0.25) is 10.0 Å². The molecule has 1 saturated heterocycles. The zero-order valence-corrected chi connectivity index (χ0v) is 15.0. The number of rotatable bonds is 5. The van der Waals surface area contributed by atoms with Crippen LogP contribution in [0.4, 0.5) is 0 Å². The number of halogens is 1. The summed E-state index contributed by atoms with van der Waals surface area (Å²) < 4.78 is 28.4. The Morgan fingerprint density at radius 2 is 2.00 bits per heavy atom. The molecule has 0 saturated carbocycles. The molecule has 1 aromatic rings. The van der Waals surface area contributed by atoms with Crippen LogP contribution in [0, 0.1) is 12.8 Å². The molecular formula is C15H23BrN2O2S. The second kappa shape index (κ2) is 7.22. The van der Waals surface area contributed by atoms with Crippen LogP contribution in [0.2, 0.25) is 0 Å². The topological polar surface area (TPSA) is 49.4 Å². The van der Waals surface area contributed by atoms with Crippen LogP contribution in [0.5, 0.6) is 0 Å². The summed E-state index contributed by atoms with van der Waals surface area (Å²) in [5, 5.41) is 0. The van der Waals surface area contributed by atoms with Gasteiger partial charge in [0, 0.05) is 11.0 Å². The minimum Gasteiger partial charge on any atom is -0.304 e. The fourth-order valence-electron chi connectivity index (χ4n) is 2.68. The Morgan fingerprint density at radius 3 is 2.62 bits per heavy atom. The van der Waals surface area contributed by atoms with Gasteiger partial charge in [-0.15, -0.1) is 0 Å². The molecule has 1 N–H and O–H groups in total. The SMILES string of the molecule is CCN1CCC(CNS(=O)(=O)c2cc(Br)ccc2C)CC1. The Hall–Kier alpha value is -0.430. The molecule has 1 aromatic carbocycles. The van der Waals surface area contributed by atoms with E-state index in [2.05, 4.69) is 32.5 Å². The summed E-state index contributed by atoms with van der Waals surface area (Å²) in [4.78, 5) is 2.77.